The third-order valence-electron chi connectivity index (χ3n) is 3.78. The average molecular weight is 211 g/mol. The maximum absolute atomic E-state index is 12.0. The molecule has 86 valence electrons. The molecule has 4 heteroatoms. The van der Waals surface area contributed by atoms with E-state index in [1.165, 1.54) is 6.42 Å². The van der Waals surface area contributed by atoms with Gasteiger partial charge in [0.15, 0.2) is 0 Å². The normalized spacial score (nSPS) is 32.1. The highest BCUT2D eigenvalue weighted by Crippen LogP contribution is 2.31. The summed E-state index contributed by atoms with van der Waals surface area (Å²) >= 11 is 0. The van der Waals surface area contributed by atoms with Gasteiger partial charge in [-0.15, -0.1) is 0 Å². The standard InChI is InChI=1S/C11H21N3O/c1-9(2)14-8-11(13(3)10(14)15)5-4-6-12-7-11/h9,12H,4-8H2,1-3H3. The Kier molecular flexibility index (Phi) is 2.63. The predicted molar refractivity (Wildman–Crippen MR) is 59.8 cm³/mol. The van der Waals surface area contributed by atoms with Crippen molar-refractivity contribution in [2.45, 2.75) is 38.3 Å². The molecule has 0 radical (unpaired) electrons. The fourth-order valence-corrected chi connectivity index (χ4v) is 2.66. The van der Waals surface area contributed by atoms with Gasteiger partial charge in [0, 0.05) is 26.2 Å². The first-order chi connectivity index (χ1) is 7.07. The number of nitrogens with one attached hydrogen (secondary N) is 1. The van der Waals surface area contributed by atoms with Gasteiger partial charge in [0.25, 0.3) is 0 Å². The molecular formula is C11H21N3O. The van der Waals surface area contributed by atoms with Gasteiger partial charge in [-0.2, -0.15) is 0 Å². The smallest absolute Gasteiger partial charge is 0.320 e. The van der Waals surface area contributed by atoms with Crippen molar-refractivity contribution in [1.29, 1.82) is 0 Å². The van der Waals surface area contributed by atoms with E-state index in [1.807, 2.05) is 16.8 Å². The fourth-order valence-electron chi connectivity index (χ4n) is 2.66. The predicted octanol–water partition coefficient (Wildman–Crippen LogP) is 0.884. The third kappa shape index (κ3) is 1.61. The van der Waals surface area contributed by atoms with Crippen LogP contribution in [0.25, 0.3) is 0 Å². The molecule has 2 heterocycles. The molecule has 2 aliphatic rings. The van der Waals surface area contributed by atoms with Crippen LogP contribution in [-0.4, -0.2) is 54.1 Å². The number of carbonyl (C=O) groups excluding carboxylic acids is 1. The lowest BCUT2D eigenvalue weighted by atomic mass is 9.90. The van der Waals surface area contributed by atoms with Crippen LogP contribution >= 0.6 is 0 Å². The minimum absolute atomic E-state index is 0.0552. The first-order valence-electron chi connectivity index (χ1n) is 5.82. The van der Waals surface area contributed by atoms with Crippen molar-refractivity contribution < 1.29 is 4.79 Å². The number of rotatable bonds is 1. The maximum Gasteiger partial charge on any atom is 0.320 e. The van der Waals surface area contributed by atoms with Crippen molar-refractivity contribution in [2.75, 3.05) is 26.7 Å². The number of carbonyl (C=O) groups is 1. The van der Waals surface area contributed by atoms with Gasteiger partial charge in [0.2, 0.25) is 0 Å². The maximum atomic E-state index is 12.0. The summed E-state index contributed by atoms with van der Waals surface area (Å²) in [7, 11) is 1.94. The second-order valence-electron chi connectivity index (χ2n) is 5.07. The summed E-state index contributed by atoms with van der Waals surface area (Å²) in [6.45, 7) is 7.08. The molecule has 0 aromatic carbocycles. The summed E-state index contributed by atoms with van der Waals surface area (Å²) in [6.07, 6.45) is 2.30. The summed E-state index contributed by atoms with van der Waals surface area (Å²) < 4.78 is 0. The Morgan fingerprint density at radius 3 is 2.67 bits per heavy atom. The van der Waals surface area contributed by atoms with E-state index in [1.54, 1.807) is 0 Å². The van der Waals surface area contributed by atoms with Gasteiger partial charge in [-0.1, -0.05) is 0 Å². The molecule has 2 aliphatic heterocycles. The molecule has 1 unspecified atom stereocenters. The van der Waals surface area contributed by atoms with Gasteiger partial charge in [-0.3, -0.25) is 0 Å². The molecule has 0 bridgehead atoms. The number of hydrogen-bond acceptors (Lipinski definition) is 2. The van der Waals surface area contributed by atoms with Gasteiger partial charge in [0.1, 0.15) is 0 Å². The zero-order chi connectivity index (χ0) is 11.1. The van der Waals surface area contributed by atoms with Crippen molar-refractivity contribution in [2.24, 2.45) is 0 Å². The number of piperidine rings is 1. The molecular weight excluding hydrogens is 190 g/mol. The zero-order valence-electron chi connectivity index (χ0n) is 9.92. The summed E-state index contributed by atoms with van der Waals surface area (Å²) in [6, 6.07) is 0.495. The van der Waals surface area contributed by atoms with Crippen LogP contribution in [0.5, 0.6) is 0 Å². The van der Waals surface area contributed by atoms with E-state index in [-0.39, 0.29) is 11.6 Å². The quantitative estimate of drug-likeness (QED) is 0.699. The Balaban J connectivity index is 2.18. The van der Waals surface area contributed by atoms with Crippen LogP contribution in [0.4, 0.5) is 4.79 Å². The van der Waals surface area contributed by atoms with E-state index < -0.39 is 0 Å². The lowest BCUT2D eigenvalue weighted by molar-refractivity contribution is 0.152. The van der Waals surface area contributed by atoms with Crippen LogP contribution in [0, 0.1) is 0 Å². The SMILES string of the molecule is CC(C)N1CC2(CCCNC2)N(C)C1=O. The summed E-state index contributed by atoms with van der Waals surface area (Å²) in [4.78, 5) is 16.0. The van der Waals surface area contributed by atoms with E-state index in [4.69, 9.17) is 0 Å². The molecule has 15 heavy (non-hydrogen) atoms. The number of nitrogens with zero attached hydrogens (tertiary/aromatic N) is 2. The van der Waals surface area contributed by atoms with Crippen LogP contribution in [-0.2, 0) is 0 Å². The number of likely N-dealkylation sites (N-methyl/N-ethyl adjacent to an activating group) is 1. The monoisotopic (exact) mass is 211 g/mol. The van der Waals surface area contributed by atoms with Gasteiger partial charge in [-0.05, 0) is 33.2 Å². The molecule has 0 aliphatic carbocycles. The average Bonchev–Trinajstić information content (AvgIpc) is 2.46. The van der Waals surface area contributed by atoms with E-state index in [2.05, 4.69) is 19.2 Å². The minimum Gasteiger partial charge on any atom is -0.320 e. The lowest BCUT2D eigenvalue weighted by Gasteiger charge is -2.38. The third-order valence-corrected chi connectivity index (χ3v) is 3.78. The molecule has 1 spiro atoms. The van der Waals surface area contributed by atoms with Crippen molar-refractivity contribution >= 4 is 6.03 Å². The molecule has 2 fully saturated rings. The molecule has 0 aromatic rings. The molecule has 0 saturated carbocycles. The number of amides is 2. The molecule has 2 rings (SSSR count). The Morgan fingerprint density at radius 1 is 1.47 bits per heavy atom. The molecule has 0 aromatic heterocycles. The van der Waals surface area contributed by atoms with Gasteiger partial charge in [0.05, 0.1) is 5.54 Å². The number of urea groups is 1. The highest BCUT2D eigenvalue weighted by Gasteiger charge is 2.48. The van der Waals surface area contributed by atoms with Crippen molar-refractivity contribution in [1.82, 2.24) is 15.1 Å². The van der Waals surface area contributed by atoms with Crippen LogP contribution in [0.2, 0.25) is 0 Å². The van der Waals surface area contributed by atoms with Gasteiger partial charge in [-0.25, -0.2) is 4.79 Å². The first kappa shape index (κ1) is 10.7. The van der Waals surface area contributed by atoms with E-state index in [9.17, 15) is 4.79 Å². The van der Waals surface area contributed by atoms with Crippen LogP contribution in [0.1, 0.15) is 26.7 Å². The molecule has 4 nitrogen and oxygen atoms in total. The molecule has 2 saturated heterocycles. The topological polar surface area (TPSA) is 35.6 Å². The second kappa shape index (κ2) is 3.67. The molecule has 1 atom stereocenters. The Labute approximate surface area is 91.6 Å². The van der Waals surface area contributed by atoms with Crippen LogP contribution in [0.3, 0.4) is 0 Å². The Bertz CT molecular complexity index is 259. The van der Waals surface area contributed by atoms with Gasteiger partial charge < -0.3 is 15.1 Å². The zero-order valence-corrected chi connectivity index (χ0v) is 9.92. The van der Waals surface area contributed by atoms with Crippen molar-refractivity contribution in [3.8, 4) is 0 Å². The van der Waals surface area contributed by atoms with Crippen LogP contribution in [0.15, 0.2) is 0 Å². The Morgan fingerprint density at radius 2 is 2.20 bits per heavy atom. The Hall–Kier alpha value is -0.770. The van der Waals surface area contributed by atoms with Crippen LogP contribution < -0.4 is 5.32 Å². The van der Waals surface area contributed by atoms with Crippen molar-refractivity contribution in [3.63, 3.8) is 0 Å². The lowest BCUT2D eigenvalue weighted by Crippen LogP contribution is -2.55. The summed E-state index contributed by atoms with van der Waals surface area (Å²) in [5.41, 5.74) is 0.0552. The first-order valence-corrected chi connectivity index (χ1v) is 5.82. The number of hydrogen-bond donors (Lipinski definition) is 1. The molecule has 1 N–H and O–H groups in total. The van der Waals surface area contributed by atoms with Crippen molar-refractivity contribution in [3.05, 3.63) is 0 Å². The van der Waals surface area contributed by atoms with E-state index in [0.717, 1.165) is 26.1 Å². The van der Waals surface area contributed by atoms with E-state index in [0.29, 0.717) is 6.04 Å². The molecule has 2 amide bonds. The minimum atomic E-state index is 0.0552. The highest BCUT2D eigenvalue weighted by molar-refractivity contribution is 5.78. The summed E-state index contributed by atoms with van der Waals surface area (Å²) in [5, 5.41) is 3.41. The largest absolute Gasteiger partial charge is 0.320 e. The fraction of sp³-hybridized carbons (Fsp3) is 0.909. The highest BCUT2D eigenvalue weighted by atomic mass is 16.2. The second-order valence-corrected chi connectivity index (χ2v) is 5.07. The van der Waals surface area contributed by atoms with E-state index >= 15 is 0 Å². The summed E-state index contributed by atoms with van der Waals surface area (Å²) in [5.74, 6) is 0. The van der Waals surface area contributed by atoms with Gasteiger partial charge >= 0.3 is 6.03 Å².